The van der Waals surface area contributed by atoms with Crippen molar-refractivity contribution in [2.24, 2.45) is 5.92 Å². The molecule has 2 rings (SSSR count). The molecule has 1 aliphatic carbocycles. The first-order valence-corrected chi connectivity index (χ1v) is 6.76. The topological polar surface area (TPSA) is 49.3 Å². The summed E-state index contributed by atoms with van der Waals surface area (Å²) in [5, 5.41) is 13.6. The van der Waals surface area contributed by atoms with E-state index in [2.05, 4.69) is 5.32 Å². The van der Waals surface area contributed by atoms with Crippen LogP contribution in [-0.4, -0.2) is 17.1 Å². The minimum absolute atomic E-state index is 0.149. The highest BCUT2D eigenvalue weighted by Gasteiger charge is 2.27. The molecule has 2 atom stereocenters. The van der Waals surface area contributed by atoms with E-state index in [0.29, 0.717) is 16.5 Å². The van der Waals surface area contributed by atoms with E-state index in [1.165, 1.54) is 0 Å². The van der Waals surface area contributed by atoms with Crippen LogP contribution >= 0.6 is 23.2 Å². The number of rotatable bonds is 3. The Labute approximate surface area is 116 Å². The van der Waals surface area contributed by atoms with Crippen molar-refractivity contribution in [3.8, 4) is 0 Å². The predicted octanol–water partition coefficient (Wildman–Crippen LogP) is 4.05. The van der Waals surface area contributed by atoms with Gasteiger partial charge in [0, 0.05) is 11.1 Å². The van der Waals surface area contributed by atoms with Crippen molar-refractivity contribution >= 4 is 34.9 Å². The van der Waals surface area contributed by atoms with E-state index in [-0.39, 0.29) is 12.0 Å². The molecule has 0 aromatic heterocycles. The number of aliphatic carboxylic acids is 1. The van der Waals surface area contributed by atoms with Crippen LogP contribution in [0, 0.1) is 5.92 Å². The molecule has 98 valence electrons. The van der Waals surface area contributed by atoms with Crippen molar-refractivity contribution in [2.45, 2.75) is 31.7 Å². The first-order chi connectivity index (χ1) is 8.56. The molecule has 1 saturated carbocycles. The average Bonchev–Trinajstić information content (AvgIpc) is 2.34. The summed E-state index contributed by atoms with van der Waals surface area (Å²) in [4.78, 5) is 11.0. The van der Waals surface area contributed by atoms with Crippen molar-refractivity contribution in [3.05, 3.63) is 28.2 Å². The van der Waals surface area contributed by atoms with Gasteiger partial charge in [-0.25, -0.2) is 0 Å². The third-order valence-corrected chi connectivity index (χ3v) is 3.88. The number of carboxylic acid groups (broad SMARTS) is 1. The van der Waals surface area contributed by atoms with Crippen LogP contribution < -0.4 is 5.32 Å². The maximum absolute atomic E-state index is 11.0. The van der Waals surface area contributed by atoms with Crippen LogP contribution in [0.25, 0.3) is 0 Å². The van der Waals surface area contributed by atoms with Crippen LogP contribution in [0.3, 0.4) is 0 Å². The monoisotopic (exact) mass is 287 g/mol. The van der Waals surface area contributed by atoms with Crippen molar-refractivity contribution in [1.82, 2.24) is 0 Å². The Morgan fingerprint density at radius 3 is 2.83 bits per heavy atom. The van der Waals surface area contributed by atoms with E-state index >= 15 is 0 Å². The van der Waals surface area contributed by atoms with Gasteiger partial charge in [-0.15, -0.1) is 0 Å². The summed E-state index contributed by atoms with van der Waals surface area (Å²) in [7, 11) is 0. The van der Waals surface area contributed by atoms with Crippen molar-refractivity contribution in [2.75, 3.05) is 5.32 Å². The van der Waals surface area contributed by atoms with Gasteiger partial charge in [0.25, 0.3) is 0 Å². The van der Waals surface area contributed by atoms with E-state index in [0.717, 1.165) is 24.9 Å². The van der Waals surface area contributed by atoms with E-state index in [1.54, 1.807) is 18.2 Å². The molecule has 0 spiro atoms. The zero-order valence-electron chi connectivity index (χ0n) is 9.83. The molecule has 1 aliphatic rings. The van der Waals surface area contributed by atoms with Crippen LogP contribution in [0.1, 0.15) is 25.7 Å². The van der Waals surface area contributed by atoms with Gasteiger partial charge in [0.05, 0.1) is 16.6 Å². The minimum atomic E-state index is -0.710. The molecule has 0 amide bonds. The van der Waals surface area contributed by atoms with Gasteiger partial charge in [0.1, 0.15) is 0 Å². The Kier molecular flexibility index (Phi) is 4.36. The normalized spacial score (nSPS) is 23.7. The molecule has 0 saturated heterocycles. The SMILES string of the molecule is O=C(O)C1CCCC(Nc2cc(Cl)ccc2Cl)C1. The van der Waals surface area contributed by atoms with Gasteiger partial charge in [0.2, 0.25) is 0 Å². The molecule has 18 heavy (non-hydrogen) atoms. The maximum atomic E-state index is 11.0. The van der Waals surface area contributed by atoms with E-state index in [9.17, 15) is 4.79 Å². The molecule has 5 heteroatoms. The largest absolute Gasteiger partial charge is 0.481 e. The molecular weight excluding hydrogens is 273 g/mol. The van der Waals surface area contributed by atoms with Crippen molar-refractivity contribution in [3.63, 3.8) is 0 Å². The molecule has 1 fully saturated rings. The second kappa shape index (κ2) is 5.81. The lowest BCUT2D eigenvalue weighted by molar-refractivity contribution is -0.142. The van der Waals surface area contributed by atoms with Gasteiger partial charge in [0.15, 0.2) is 0 Å². The summed E-state index contributed by atoms with van der Waals surface area (Å²) in [5.74, 6) is -0.965. The summed E-state index contributed by atoms with van der Waals surface area (Å²) < 4.78 is 0. The summed E-state index contributed by atoms with van der Waals surface area (Å²) >= 11 is 12.0. The lowest BCUT2D eigenvalue weighted by atomic mass is 9.85. The summed E-state index contributed by atoms with van der Waals surface area (Å²) in [6.45, 7) is 0. The molecule has 0 heterocycles. The van der Waals surface area contributed by atoms with Gasteiger partial charge in [-0.3, -0.25) is 4.79 Å². The fourth-order valence-corrected chi connectivity index (χ4v) is 2.72. The number of benzene rings is 1. The first-order valence-electron chi connectivity index (χ1n) is 6.00. The first kappa shape index (κ1) is 13.5. The van der Waals surface area contributed by atoms with Crippen LogP contribution in [0.5, 0.6) is 0 Å². The maximum Gasteiger partial charge on any atom is 0.306 e. The van der Waals surface area contributed by atoms with Gasteiger partial charge in [-0.05, 0) is 37.5 Å². The second-order valence-electron chi connectivity index (χ2n) is 4.67. The lowest BCUT2D eigenvalue weighted by Crippen LogP contribution is -2.31. The number of carbonyl (C=O) groups is 1. The number of nitrogens with one attached hydrogen (secondary N) is 1. The summed E-state index contributed by atoms with van der Waals surface area (Å²) in [5.41, 5.74) is 0.778. The van der Waals surface area contributed by atoms with Gasteiger partial charge in [-0.2, -0.15) is 0 Å². The molecule has 2 N–H and O–H groups in total. The van der Waals surface area contributed by atoms with Crippen LogP contribution in [0.15, 0.2) is 18.2 Å². The van der Waals surface area contributed by atoms with Gasteiger partial charge in [-0.1, -0.05) is 29.6 Å². The quantitative estimate of drug-likeness (QED) is 0.882. The number of anilines is 1. The molecule has 2 unspecified atom stereocenters. The van der Waals surface area contributed by atoms with Crippen LogP contribution in [0.4, 0.5) is 5.69 Å². The molecule has 0 radical (unpaired) electrons. The standard InChI is InChI=1S/C13H15Cl2NO2/c14-9-4-5-11(15)12(7-9)16-10-3-1-2-8(6-10)13(17)18/h4-5,7-8,10,16H,1-3,6H2,(H,17,18). The Hall–Kier alpha value is -0.930. The smallest absolute Gasteiger partial charge is 0.306 e. The summed E-state index contributed by atoms with van der Waals surface area (Å²) in [6, 6.07) is 5.39. The predicted molar refractivity (Wildman–Crippen MR) is 73.5 cm³/mol. The van der Waals surface area contributed by atoms with Gasteiger partial charge < -0.3 is 10.4 Å². The fraction of sp³-hybridized carbons (Fsp3) is 0.462. The van der Waals surface area contributed by atoms with E-state index in [4.69, 9.17) is 28.3 Å². The zero-order valence-corrected chi connectivity index (χ0v) is 11.3. The summed E-state index contributed by atoms with van der Waals surface area (Å²) in [6.07, 6.45) is 3.29. The lowest BCUT2D eigenvalue weighted by Gasteiger charge is -2.28. The average molecular weight is 288 g/mol. The van der Waals surface area contributed by atoms with Crippen LogP contribution in [-0.2, 0) is 4.79 Å². The highest BCUT2D eigenvalue weighted by molar-refractivity contribution is 6.35. The zero-order chi connectivity index (χ0) is 13.1. The molecular formula is C13H15Cl2NO2. The molecule has 1 aromatic rings. The highest BCUT2D eigenvalue weighted by atomic mass is 35.5. The Balaban J connectivity index is 2.04. The van der Waals surface area contributed by atoms with Crippen LogP contribution in [0.2, 0.25) is 10.0 Å². The second-order valence-corrected chi connectivity index (χ2v) is 5.51. The van der Waals surface area contributed by atoms with E-state index in [1.807, 2.05) is 0 Å². The highest BCUT2D eigenvalue weighted by Crippen LogP contribution is 2.31. The number of halogens is 2. The van der Waals surface area contributed by atoms with Gasteiger partial charge >= 0.3 is 5.97 Å². The Morgan fingerprint density at radius 2 is 2.11 bits per heavy atom. The minimum Gasteiger partial charge on any atom is -0.481 e. The third kappa shape index (κ3) is 3.30. The number of carboxylic acids is 1. The molecule has 0 bridgehead atoms. The molecule has 1 aromatic carbocycles. The Bertz CT molecular complexity index is 451. The third-order valence-electron chi connectivity index (χ3n) is 3.31. The fourth-order valence-electron chi connectivity index (χ4n) is 2.37. The Morgan fingerprint density at radius 1 is 1.33 bits per heavy atom. The number of hydrogen-bond donors (Lipinski definition) is 2. The number of hydrogen-bond acceptors (Lipinski definition) is 2. The van der Waals surface area contributed by atoms with Crippen molar-refractivity contribution < 1.29 is 9.90 Å². The van der Waals surface area contributed by atoms with E-state index < -0.39 is 5.97 Å². The molecule has 0 aliphatic heterocycles. The van der Waals surface area contributed by atoms with Crippen molar-refractivity contribution in [1.29, 1.82) is 0 Å². The molecule has 3 nitrogen and oxygen atoms in total.